The lowest BCUT2D eigenvalue weighted by molar-refractivity contribution is 0.0860. The Morgan fingerprint density at radius 3 is 3.05 bits per heavy atom. The first-order valence-electron chi connectivity index (χ1n) is 6.25. The Labute approximate surface area is 112 Å². The SMILES string of the molecule is CCOC1=N[C@@](C)(c2cccc(C(N)=O)c2)COC1. The van der Waals surface area contributed by atoms with Gasteiger partial charge < -0.3 is 15.2 Å². The van der Waals surface area contributed by atoms with Crippen LogP contribution in [0.2, 0.25) is 0 Å². The molecule has 1 atom stereocenters. The van der Waals surface area contributed by atoms with Crippen molar-refractivity contribution in [2.75, 3.05) is 19.8 Å². The first kappa shape index (κ1) is 13.5. The third-order valence-corrected chi connectivity index (χ3v) is 3.06. The Morgan fingerprint density at radius 1 is 1.58 bits per heavy atom. The van der Waals surface area contributed by atoms with Crippen LogP contribution in [-0.2, 0) is 15.0 Å². The Hall–Kier alpha value is -1.88. The van der Waals surface area contributed by atoms with Crippen molar-refractivity contribution in [1.29, 1.82) is 0 Å². The fourth-order valence-corrected chi connectivity index (χ4v) is 2.07. The summed E-state index contributed by atoms with van der Waals surface area (Å²) in [6.45, 7) is 5.25. The van der Waals surface area contributed by atoms with Crippen LogP contribution < -0.4 is 5.73 Å². The molecule has 5 heteroatoms. The molecule has 2 N–H and O–H groups in total. The van der Waals surface area contributed by atoms with Crippen LogP contribution in [0.5, 0.6) is 0 Å². The number of amides is 1. The summed E-state index contributed by atoms with van der Waals surface area (Å²) in [6.07, 6.45) is 0. The van der Waals surface area contributed by atoms with Crippen molar-refractivity contribution < 1.29 is 14.3 Å². The molecule has 1 aromatic carbocycles. The van der Waals surface area contributed by atoms with Gasteiger partial charge in [0.15, 0.2) is 0 Å². The van der Waals surface area contributed by atoms with Gasteiger partial charge in [-0.15, -0.1) is 0 Å². The number of aliphatic imine (C=N–C) groups is 1. The Bertz CT molecular complexity index is 513. The summed E-state index contributed by atoms with van der Waals surface area (Å²) in [4.78, 5) is 15.8. The van der Waals surface area contributed by atoms with Crippen LogP contribution in [-0.4, -0.2) is 31.6 Å². The summed E-state index contributed by atoms with van der Waals surface area (Å²) in [5, 5.41) is 0. The highest BCUT2D eigenvalue weighted by molar-refractivity contribution is 5.93. The van der Waals surface area contributed by atoms with Gasteiger partial charge in [0.05, 0.1) is 13.2 Å². The Kier molecular flexibility index (Phi) is 3.85. The third-order valence-electron chi connectivity index (χ3n) is 3.06. The average molecular weight is 262 g/mol. The molecular formula is C14H18N2O3. The molecule has 1 heterocycles. The van der Waals surface area contributed by atoms with Crippen molar-refractivity contribution in [3.63, 3.8) is 0 Å². The minimum absolute atomic E-state index is 0.388. The minimum atomic E-state index is -0.547. The number of primary amides is 1. The smallest absolute Gasteiger partial charge is 0.248 e. The van der Waals surface area contributed by atoms with E-state index in [9.17, 15) is 4.79 Å². The second-order valence-corrected chi connectivity index (χ2v) is 4.65. The molecule has 1 aliphatic rings. The highest BCUT2D eigenvalue weighted by atomic mass is 16.5. The predicted molar refractivity (Wildman–Crippen MR) is 72.2 cm³/mol. The highest BCUT2D eigenvalue weighted by Gasteiger charge is 2.31. The number of nitrogens with zero attached hydrogens (tertiary/aromatic N) is 1. The second kappa shape index (κ2) is 5.40. The van der Waals surface area contributed by atoms with Gasteiger partial charge in [-0.2, -0.15) is 0 Å². The van der Waals surface area contributed by atoms with Crippen LogP contribution in [0.4, 0.5) is 0 Å². The maximum atomic E-state index is 11.2. The fraction of sp³-hybridized carbons (Fsp3) is 0.429. The summed E-state index contributed by atoms with van der Waals surface area (Å²) in [5.74, 6) is 0.136. The largest absolute Gasteiger partial charge is 0.480 e. The van der Waals surface area contributed by atoms with Crippen molar-refractivity contribution in [2.45, 2.75) is 19.4 Å². The van der Waals surface area contributed by atoms with E-state index in [1.165, 1.54) is 0 Å². The Morgan fingerprint density at radius 2 is 2.37 bits per heavy atom. The first-order chi connectivity index (χ1) is 9.05. The number of benzene rings is 1. The van der Waals surface area contributed by atoms with Crippen LogP contribution in [0.3, 0.4) is 0 Å². The lowest BCUT2D eigenvalue weighted by atomic mass is 9.91. The molecule has 0 aliphatic carbocycles. The number of hydrogen-bond acceptors (Lipinski definition) is 4. The van der Waals surface area contributed by atoms with Crippen molar-refractivity contribution >= 4 is 11.8 Å². The number of hydrogen-bond donors (Lipinski definition) is 1. The van der Waals surface area contributed by atoms with Crippen LogP contribution in [0.25, 0.3) is 0 Å². The molecule has 0 unspecified atom stereocenters. The van der Waals surface area contributed by atoms with Crippen LogP contribution in [0.1, 0.15) is 29.8 Å². The van der Waals surface area contributed by atoms with Crippen LogP contribution >= 0.6 is 0 Å². The van der Waals surface area contributed by atoms with Gasteiger partial charge in [-0.3, -0.25) is 4.79 Å². The first-order valence-corrected chi connectivity index (χ1v) is 6.25. The number of nitrogens with two attached hydrogens (primary N) is 1. The van der Waals surface area contributed by atoms with Crippen molar-refractivity contribution in [1.82, 2.24) is 0 Å². The quantitative estimate of drug-likeness (QED) is 0.896. The lowest BCUT2D eigenvalue weighted by Crippen LogP contribution is -2.35. The summed E-state index contributed by atoms with van der Waals surface area (Å²) < 4.78 is 10.9. The molecule has 1 aliphatic heterocycles. The highest BCUT2D eigenvalue weighted by Crippen LogP contribution is 2.29. The Balaban J connectivity index is 2.36. The second-order valence-electron chi connectivity index (χ2n) is 4.65. The van der Waals surface area contributed by atoms with Gasteiger partial charge in [0, 0.05) is 5.56 Å². The lowest BCUT2D eigenvalue weighted by Gasteiger charge is -2.30. The van der Waals surface area contributed by atoms with E-state index in [4.69, 9.17) is 15.2 Å². The normalized spacial score (nSPS) is 22.7. The van der Waals surface area contributed by atoms with E-state index in [2.05, 4.69) is 4.99 Å². The van der Waals surface area contributed by atoms with Gasteiger partial charge in [-0.1, -0.05) is 12.1 Å². The van der Waals surface area contributed by atoms with E-state index in [0.29, 0.717) is 31.3 Å². The molecule has 0 aromatic heterocycles. The molecule has 0 fully saturated rings. The van der Waals surface area contributed by atoms with E-state index in [-0.39, 0.29) is 0 Å². The number of carbonyl (C=O) groups excluding carboxylic acids is 1. The molecule has 2 rings (SSSR count). The monoisotopic (exact) mass is 262 g/mol. The van der Waals surface area contributed by atoms with Gasteiger partial charge in [-0.05, 0) is 31.5 Å². The molecule has 102 valence electrons. The van der Waals surface area contributed by atoms with E-state index >= 15 is 0 Å². The van der Waals surface area contributed by atoms with Crippen LogP contribution in [0.15, 0.2) is 29.3 Å². The summed E-state index contributed by atoms with van der Waals surface area (Å²) >= 11 is 0. The number of rotatable bonds is 3. The summed E-state index contributed by atoms with van der Waals surface area (Å²) in [6, 6.07) is 7.15. The molecule has 1 amide bonds. The van der Waals surface area contributed by atoms with Crippen molar-refractivity contribution in [2.24, 2.45) is 10.7 Å². The van der Waals surface area contributed by atoms with Gasteiger partial charge in [0.25, 0.3) is 0 Å². The zero-order chi connectivity index (χ0) is 13.9. The van der Waals surface area contributed by atoms with Crippen LogP contribution in [0, 0.1) is 0 Å². The average Bonchev–Trinajstić information content (AvgIpc) is 2.39. The molecule has 0 spiro atoms. The number of ether oxygens (including phenoxy) is 2. The zero-order valence-corrected chi connectivity index (χ0v) is 11.2. The standard InChI is InChI=1S/C14H18N2O3/c1-3-19-12-8-18-9-14(2,16-12)11-6-4-5-10(7-11)13(15)17/h4-7H,3,8-9H2,1-2H3,(H2,15,17)/t14-/m1/s1. The molecule has 0 saturated heterocycles. The molecule has 1 aromatic rings. The molecule has 0 radical (unpaired) electrons. The molecule has 5 nitrogen and oxygen atoms in total. The van der Waals surface area contributed by atoms with E-state index in [1.807, 2.05) is 19.9 Å². The zero-order valence-electron chi connectivity index (χ0n) is 11.2. The third kappa shape index (κ3) is 2.93. The maximum absolute atomic E-state index is 11.2. The van der Waals surface area contributed by atoms with E-state index in [1.54, 1.807) is 18.2 Å². The minimum Gasteiger partial charge on any atom is -0.480 e. The predicted octanol–water partition coefficient (Wildman–Crippen LogP) is 1.47. The van der Waals surface area contributed by atoms with Gasteiger partial charge >= 0.3 is 0 Å². The molecular weight excluding hydrogens is 244 g/mol. The topological polar surface area (TPSA) is 73.9 Å². The molecule has 19 heavy (non-hydrogen) atoms. The van der Waals surface area contributed by atoms with Crippen molar-refractivity contribution in [3.05, 3.63) is 35.4 Å². The van der Waals surface area contributed by atoms with Gasteiger partial charge in [0.1, 0.15) is 12.1 Å². The van der Waals surface area contributed by atoms with Crippen molar-refractivity contribution in [3.8, 4) is 0 Å². The molecule has 0 saturated carbocycles. The molecule has 0 bridgehead atoms. The van der Waals surface area contributed by atoms with E-state index in [0.717, 1.165) is 5.56 Å². The maximum Gasteiger partial charge on any atom is 0.248 e. The van der Waals surface area contributed by atoms with E-state index < -0.39 is 11.4 Å². The van der Waals surface area contributed by atoms with Gasteiger partial charge in [-0.25, -0.2) is 4.99 Å². The summed E-state index contributed by atoms with van der Waals surface area (Å²) in [5.41, 5.74) is 6.11. The van der Waals surface area contributed by atoms with Gasteiger partial charge in [0.2, 0.25) is 11.8 Å². The fourth-order valence-electron chi connectivity index (χ4n) is 2.07. The summed E-state index contributed by atoms with van der Waals surface area (Å²) in [7, 11) is 0. The number of carbonyl (C=O) groups is 1.